The Morgan fingerprint density at radius 1 is 1.32 bits per heavy atom. The van der Waals surface area contributed by atoms with Gasteiger partial charge in [-0.3, -0.25) is 9.36 Å². The number of ether oxygens (including phenoxy) is 2. The normalized spacial score (nSPS) is 10.5. The number of methoxy groups -OCH3 is 2. The minimum atomic E-state index is -0.178. The van der Waals surface area contributed by atoms with Crippen molar-refractivity contribution in [1.82, 2.24) is 14.8 Å². The highest BCUT2D eigenvalue weighted by Crippen LogP contribution is 2.30. The van der Waals surface area contributed by atoms with Gasteiger partial charge in [0.05, 0.1) is 30.5 Å². The van der Waals surface area contributed by atoms with Crippen molar-refractivity contribution >= 4 is 34.7 Å². The number of carbonyl (C=O) groups excluding carboxylic acids is 1. The summed E-state index contributed by atoms with van der Waals surface area (Å²) < 4.78 is 12.4. The maximum Gasteiger partial charge on any atom is 0.234 e. The van der Waals surface area contributed by atoms with Crippen LogP contribution < -0.4 is 14.8 Å². The molecule has 0 saturated heterocycles. The largest absolute Gasteiger partial charge is 0.497 e. The molecule has 0 saturated carbocycles. The molecule has 0 spiro atoms. The van der Waals surface area contributed by atoms with Gasteiger partial charge in [0.15, 0.2) is 11.0 Å². The quantitative estimate of drug-likeness (QED) is 0.420. The zero-order valence-electron chi connectivity index (χ0n) is 15.5. The zero-order valence-corrected chi connectivity index (χ0v) is 17.2. The molecule has 3 rings (SSSR count). The molecule has 1 N–H and O–H groups in total. The van der Waals surface area contributed by atoms with Crippen molar-refractivity contribution in [2.75, 3.05) is 25.3 Å². The smallest absolute Gasteiger partial charge is 0.234 e. The summed E-state index contributed by atoms with van der Waals surface area (Å²) in [4.78, 5) is 13.5. The molecule has 0 aliphatic heterocycles. The SMILES string of the molecule is C=CCn1c(SCC(=O)Nc2cc(OC)ccc2OC)nnc1-c1cccs1. The minimum Gasteiger partial charge on any atom is -0.497 e. The van der Waals surface area contributed by atoms with E-state index in [-0.39, 0.29) is 11.7 Å². The van der Waals surface area contributed by atoms with Crippen molar-refractivity contribution in [3.63, 3.8) is 0 Å². The fraction of sp³-hybridized carbons (Fsp3) is 0.211. The Balaban J connectivity index is 1.71. The number of nitrogens with zero attached hydrogens (tertiary/aromatic N) is 3. The molecule has 9 heteroatoms. The Kier molecular flexibility index (Phi) is 6.72. The summed E-state index contributed by atoms with van der Waals surface area (Å²) in [5, 5.41) is 14.0. The number of benzene rings is 1. The molecule has 7 nitrogen and oxygen atoms in total. The van der Waals surface area contributed by atoms with Crippen LogP contribution in [0.1, 0.15) is 0 Å². The zero-order chi connectivity index (χ0) is 19.9. The predicted molar refractivity (Wildman–Crippen MR) is 112 cm³/mol. The molecule has 0 bridgehead atoms. The molecular formula is C19H20N4O3S2. The van der Waals surface area contributed by atoms with Gasteiger partial charge in [-0.1, -0.05) is 23.9 Å². The molecule has 0 unspecified atom stereocenters. The van der Waals surface area contributed by atoms with E-state index in [0.717, 1.165) is 10.7 Å². The number of carbonyl (C=O) groups is 1. The van der Waals surface area contributed by atoms with E-state index in [1.807, 2.05) is 22.1 Å². The van der Waals surface area contributed by atoms with Gasteiger partial charge < -0.3 is 14.8 Å². The lowest BCUT2D eigenvalue weighted by Gasteiger charge is -2.11. The number of hydrogen-bond donors (Lipinski definition) is 1. The summed E-state index contributed by atoms with van der Waals surface area (Å²) in [6, 6.07) is 9.19. The first kappa shape index (κ1) is 20.0. The monoisotopic (exact) mass is 416 g/mol. The molecule has 1 aromatic carbocycles. The van der Waals surface area contributed by atoms with Crippen molar-refractivity contribution < 1.29 is 14.3 Å². The summed E-state index contributed by atoms with van der Waals surface area (Å²) in [7, 11) is 3.12. The highest BCUT2D eigenvalue weighted by atomic mass is 32.2. The van der Waals surface area contributed by atoms with Crippen LogP contribution in [0.2, 0.25) is 0 Å². The second-order valence-corrected chi connectivity index (χ2v) is 7.48. The number of rotatable bonds is 9. The van der Waals surface area contributed by atoms with Crippen LogP contribution in [-0.2, 0) is 11.3 Å². The fourth-order valence-corrected chi connectivity index (χ4v) is 3.97. The van der Waals surface area contributed by atoms with Crippen molar-refractivity contribution in [3.05, 3.63) is 48.4 Å². The lowest BCUT2D eigenvalue weighted by molar-refractivity contribution is -0.113. The predicted octanol–water partition coefficient (Wildman–Crippen LogP) is 3.94. The number of amides is 1. The first-order chi connectivity index (χ1) is 13.7. The minimum absolute atomic E-state index is 0.178. The third-order valence-corrected chi connectivity index (χ3v) is 5.62. The second-order valence-electron chi connectivity index (χ2n) is 5.59. The van der Waals surface area contributed by atoms with Gasteiger partial charge in [0.1, 0.15) is 11.5 Å². The van der Waals surface area contributed by atoms with E-state index in [1.54, 1.807) is 49.8 Å². The summed E-state index contributed by atoms with van der Waals surface area (Å²) in [5.41, 5.74) is 0.555. The summed E-state index contributed by atoms with van der Waals surface area (Å²) >= 11 is 2.91. The average Bonchev–Trinajstić information content (AvgIpc) is 3.36. The van der Waals surface area contributed by atoms with Gasteiger partial charge in [-0.2, -0.15) is 0 Å². The van der Waals surface area contributed by atoms with Crippen molar-refractivity contribution in [2.24, 2.45) is 0 Å². The van der Waals surface area contributed by atoms with Crippen molar-refractivity contribution in [3.8, 4) is 22.2 Å². The van der Waals surface area contributed by atoms with E-state index in [2.05, 4.69) is 22.1 Å². The Morgan fingerprint density at radius 2 is 2.18 bits per heavy atom. The van der Waals surface area contributed by atoms with E-state index in [1.165, 1.54) is 11.8 Å². The topological polar surface area (TPSA) is 78.3 Å². The molecule has 3 aromatic rings. The number of aromatic nitrogens is 3. The Labute approximate surface area is 171 Å². The molecule has 0 aliphatic rings. The average molecular weight is 417 g/mol. The van der Waals surface area contributed by atoms with Crippen LogP contribution in [0.25, 0.3) is 10.7 Å². The summed E-state index contributed by atoms with van der Waals surface area (Å²) in [6.45, 7) is 4.36. The number of allylic oxidation sites excluding steroid dienone is 1. The highest BCUT2D eigenvalue weighted by molar-refractivity contribution is 7.99. The Hall–Kier alpha value is -2.78. The molecule has 1 amide bonds. The standard InChI is InChI=1S/C19H20N4O3S2/c1-4-9-23-18(16-6-5-10-27-16)21-22-19(23)28-12-17(24)20-14-11-13(25-2)7-8-15(14)26-3/h4-8,10-11H,1,9,12H2,2-3H3,(H,20,24). The van der Waals surface area contributed by atoms with Crippen LogP contribution in [0.3, 0.4) is 0 Å². The van der Waals surface area contributed by atoms with Gasteiger partial charge >= 0.3 is 0 Å². The van der Waals surface area contributed by atoms with Crippen LogP contribution in [0.4, 0.5) is 5.69 Å². The number of nitrogens with one attached hydrogen (secondary N) is 1. The van der Waals surface area contributed by atoms with Gasteiger partial charge in [0.25, 0.3) is 0 Å². The molecule has 0 atom stereocenters. The third-order valence-electron chi connectivity index (χ3n) is 3.78. The molecule has 2 aromatic heterocycles. The Morgan fingerprint density at radius 3 is 2.86 bits per heavy atom. The number of anilines is 1. The molecule has 146 valence electrons. The van der Waals surface area contributed by atoms with Gasteiger partial charge in [-0.25, -0.2) is 0 Å². The van der Waals surface area contributed by atoms with Crippen LogP contribution in [-0.4, -0.2) is 40.6 Å². The van der Waals surface area contributed by atoms with Gasteiger partial charge in [0.2, 0.25) is 5.91 Å². The molecule has 0 radical (unpaired) electrons. The third kappa shape index (κ3) is 4.55. The van der Waals surface area contributed by atoms with E-state index < -0.39 is 0 Å². The second kappa shape index (κ2) is 9.43. The number of hydrogen-bond acceptors (Lipinski definition) is 7. The summed E-state index contributed by atoms with van der Waals surface area (Å²) in [5.74, 6) is 1.97. The fourth-order valence-electron chi connectivity index (χ4n) is 2.51. The van der Waals surface area contributed by atoms with Gasteiger partial charge in [0, 0.05) is 12.6 Å². The van der Waals surface area contributed by atoms with E-state index >= 15 is 0 Å². The maximum absolute atomic E-state index is 12.5. The van der Waals surface area contributed by atoms with Crippen LogP contribution in [0, 0.1) is 0 Å². The lowest BCUT2D eigenvalue weighted by atomic mass is 10.2. The molecule has 2 heterocycles. The van der Waals surface area contributed by atoms with Crippen LogP contribution in [0.5, 0.6) is 11.5 Å². The van der Waals surface area contributed by atoms with E-state index in [4.69, 9.17) is 9.47 Å². The number of thiophene rings is 1. The van der Waals surface area contributed by atoms with E-state index in [0.29, 0.717) is 28.9 Å². The lowest BCUT2D eigenvalue weighted by Crippen LogP contribution is -2.15. The van der Waals surface area contributed by atoms with E-state index in [9.17, 15) is 4.79 Å². The maximum atomic E-state index is 12.5. The Bertz CT molecular complexity index is 954. The first-order valence-electron chi connectivity index (χ1n) is 8.39. The molecule has 0 aliphatic carbocycles. The molecular weight excluding hydrogens is 396 g/mol. The summed E-state index contributed by atoms with van der Waals surface area (Å²) in [6.07, 6.45) is 1.78. The van der Waals surface area contributed by atoms with Crippen molar-refractivity contribution in [1.29, 1.82) is 0 Å². The van der Waals surface area contributed by atoms with Crippen LogP contribution >= 0.6 is 23.1 Å². The molecule has 0 fully saturated rings. The van der Waals surface area contributed by atoms with Gasteiger partial charge in [-0.05, 0) is 23.6 Å². The number of thioether (sulfide) groups is 1. The molecule has 28 heavy (non-hydrogen) atoms. The highest BCUT2D eigenvalue weighted by Gasteiger charge is 2.16. The van der Waals surface area contributed by atoms with Gasteiger partial charge in [-0.15, -0.1) is 28.1 Å². The first-order valence-corrected chi connectivity index (χ1v) is 10.3. The van der Waals surface area contributed by atoms with Crippen molar-refractivity contribution in [2.45, 2.75) is 11.7 Å². The van der Waals surface area contributed by atoms with Crippen LogP contribution in [0.15, 0.2) is 53.5 Å².